The monoisotopic (exact) mass is 1030 g/mol. The van der Waals surface area contributed by atoms with Crippen molar-refractivity contribution in [3.63, 3.8) is 0 Å². The number of ether oxygens (including phenoxy) is 5. The summed E-state index contributed by atoms with van der Waals surface area (Å²) in [5, 5.41) is 10.5. The summed E-state index contributed by atoms with van der Waals surface area (Å²) in [5.41, 5.74) is 11.4. The van der Waals surface area contributed by atoms with Crippen molar-refractivity contribution in [1.82, 2.24) is 25.8 Å². The van der Waals surface area contributed by atoms with E-state index in [4.69, 9.17) is 29.4 Å². The van der Waals surface area contributed by atoms with E-state index in [1.165, 1.54) is 42.4 Å². The zero-order chi connectivity index (χ0) is 52.0. The van der Waals surface area contributed by atoms with Crippen molar-refractivity contribution < 1.29 is 61.6 Å². The molecule has 7 N–H and O–H groups in total. The van der Waals surface area contributed by atoms with Crippen LogP contribution in [0.3, 0.4) is 0 Å². The van der Waals surface area contributed by atoms with E-state index >= 15 is 4.39 Å². The minimum absolute atomic E-state index is 0.00482. The predicted octanol–water partition coefficient (Wildman–Crippen LogP) is 4.53. The maximum atomic E-state index is 15.5. The summed E-state index contributed by atoms with van der Waals surface area (Å²) >= 11 is 1.22. The molecule has 0 aliphatic carbocycles. The first kappa shape index (κ1) is 52.6. The second-order valence-electron chi connectivity index (χ2n) is 17.0. The number of carbonyl (C=O) groups excluding carboxylic acids is 7. The lowest BCUT2D eigenvalue weighted by molar-refractivity contribution is -0.136. The molecule has 1 saturated heterocycles. The molecule has 20 nitrogen and oxygen atoms in total. The highest BCUT2D eigenvalue weighted by Gasteiger charge is 2.46. The van der Waals surface area contributed by atoms with Crippen molar-refractivity contribution in [2.45, 2.75) is 36.6 Å². The quantitative estimate of drug-likeness (QED) is 0.0266. The molecule has 4 aromatic carbocycles. The SMILES string of the molecule is Nc1ncc(-c2ccc(SNc3cccc(NC(=O)CCOCCOCCOCCOCCNC(=O)COc4cccc5c4C(=O)N(C4CCC(=O)NC4=O)C5=O)c3)cc2F)cc1-c1ccc2c(c1)CCNC2=O. The fourth-order valence-electron chi connectivity index (χ4n) is 8.23. The number of anilines is 3. The molecule has 7 amide bonds. The van der Waals surface area contributed by atoms with Crippen molar-refractivity contribution in [3.05, 3.63) is 119 Å². The number of hydrogen-bond donors (Lipinski definition) is 6. The number of carbonyl (C=O) groups is 7. The van der Waals surface area contributed by atoms with Gasteiger partial charge in [-0.05, 0) is 90.5 Å². The van der Waals surface area contributed by atoms with Gasteiger partial charge in [0, 0.05) is 64.2 Å². The molecule has 0 radical (unpaired) electrons. The van der Waals surface area contributed by atoms with Crippen LogP contribution in [0.15, 0.2) is 96.0 Å². The van der Waals surface area contributed by atoms with Crippen molar-refractivity contribution >= 4 is 70.5 Å². The van der Waals surface area contributed by atoms with Crippen LogP contribution in [0.4, 0.5) is 21.6 Å². The van der Waals surface area contributed by atoms with E-state index in [2.05, 4.69) is 31.0 Å². The summed E-state index contributed by atoms with van der Waals surface area (Å²) in [7, 11) is 0. The van der Waals surface area contributed by atoms with Crippen LogP contribution < -0.4 is 36.5 Å². The number of hydrogen-bond acceptors (Lipinski definition) is 16. The first-order chi connectivity index (χ1) is 35.9. The van der Waals surface area contributed by atoms with Gasteiger partial charge in [0.25, 0.3) is 23.6 Å². The Balaban J connectivity index is 0.638. The normalized spacial score (nSPS) is 15.0. The molecule has 386 valence electrons. The van der Waals surface area contributed by atoms with E-state index in [1.54, 1.807) is 42.5 Å². The van der Waals surface area contributed by atoms with Crippen molar-refractivity contribution in [2.75, 3.05) is 88.3 Å². The summed E-state index contributed by atoms with van der Waals surface area (Å²) in [4.78, 5) is 93.1. The largest absolute Gasteiger partial charge is 0.483 e. The third-order valence-corrected chi connectivity index (χ3v) is 12.7. The van der Waals surface area contributed by atoms with E-state index in [-0.39, 0.29) is 80.9 Å². The van der Waals surface area contributed by atoms with Gasteiger partial charge in [-0.15, -0.1) is 0 Å². The fourth-order valence-corrected chi connectivity index (χ4v) is 8.89. The van der Waals surface area contributed by atoms with Crippen molar-refractivity contribution in [1.29, 1.82) is 0 Å². The molecule has 0 bridgehead atoms. The smallest absolute Gasteiger partial charge is 0.266 e. The number of amides is 7. The molecule has 3 aliphatic rings. The highest BCUT2D eigenvalue weighted by atomic mass is 32.2. The van der Waals surface area contributed by atoms with E-state index in [9.17, 15) is 33.6 Å². The molecule has 3 aliphatic heterocycles. The number of imide groups is 2. The molecule has 1 fully saturated rings. The number of fused-ring (bicyclic) bond motifs is 2. The maximum Gasteiger partial charge on any atom is 0.266 e. The molecular formula is C52H53FN8O12S. The molecule has 0 spiro atoms. The van der Waals surface area contributed by atoms with Crippen LogP contribution in [0.25, 0.3) is 22.3 Å². The summed E-state index contributed by atoms with van der Waals surface area (Å²) in [6, 6.07) is 22.7. The highest BCUT2D eigenvalue weighted by Crippen LogP contribution is 2.36. The average molecular weight is 1030 g/mol. The van der Waals surface area contributed by atoms with Gasteiger partial charge < -0.3 is 50.1 Å². The van der Waals surface area contributed by atoms with Gasteiger partial charge in [0.15, 0.2) is 6.61 Å². The number of benzene rings is 4. The number of halogens is 1. The van der Waals surface area contributed by atoms with Gasteiger partial charge in [0.1, 0.15) is 23.4 Å². The van der Waals surface area contributed by atoms with E-state index in [0.717, 1.165) is 16.0 Å². The first-order valence-electron chi connectivity index (χ1n) is 23.8. The summed E-state index contributed by atoms with van der Waals surface area (Å²) in [6.07, 6.45) is 2.38. The molecule has 22 heteroatoms. The van der Waals surface area contributed by atoms with Gasteiger partial charge in [0.2, 0.25) is 17.7 Å². The lowest BCUT2D eigenvalue weighted by Crippen LogP contribution is -2.54. The maximum absolute atomic E-state index is 15.5. The molecule has 4 heterocycles. The Labute approximate surface area is 428 Å². The van der Waals surface area contributed by atoms with Crippen LogP contribution >= 0.6 is 11.9 Å². The minimum Gasteiger partial charge on any atom is -0.483 e. The highest BCUT2D eigenvalue weighted by molar-refractivity contribution is 8.00. The number of piperidine rings is 1. The standard InChI is InChI=1S/C52H53FN8O12S/c53-41-28-36(8-10-37(41)33-26-40(48(54)57-29-33)31-7-9-38-32(25-31)13-15-56-49(38)65)74-60-35-4-1-3-34(27-35)58-45(63)14-17-69-19-21-71-23-24-72-22-20-70-18-16-55-46(64)30-73-43-6-2-5-39-47(43)52(68)61(51(39)67)42-11-12-44(62)59-50(42)66/h1-10,25-29,42,60H,11-24,30H2,(H2,54,57)(H,55,64)(H,56,65)(H,58,63)(H,59,62,66). The van der Waals surface area contributed by atoms with E-state index in [0.29, 0.717) is 83.7 Å². The van der Waals surface area contributed by atoms with Gasteiger partial charge in [-0.1, -0.05) is 30.3 Å². The summed E-state index contributed by atoms with van der Waals surface area (Å²) < 4.78 is 46.4. The number of pyridine rings is 1. The van der Waals surface area contributed by atoms with Gasteiger partial charge in [-0.25, -0.2) is 9.37 Å². The van der Waals surface area contributed by atoms with Crippen molar-refractivity contribution in [2.24, 2.45) is 0 Å². The average Bonchev–Trinajstić information content (AvgIpc) is 3.64. The van der Waals surface area contributed by atoms with Crippen LogP contribution in [0.1, 0.15) is 55.9 Å². The first-order valence-corrected chi connectivity index (χ1v) is 24.6. The molecule has 1 aromatic heterocycles. The number of nitrogens with zero attached hydrogens (tertiary/aromatic N) is 2. The van der Waals surface area contributed by atoms with Gasteiger partial charge in [-0.3, -0.25) is 43.8 Å². The van der Waals surface area contributed by atoms with Crippen LogP contribution in [0, 0.1) is 5.82 Å². The molecule has 74 heavy (non-hydrogen) atoms. The summed E-state index contributed by atoms with van der Waals surface area (Å²) in [6.45, 7) is 2.53. The minimum atomic E-state index is -1.12. The molecule has 8 rings (SSSR count). The number of nitrogens with one attached hydrogen (secondary N) is 5. The van der Waals surface area contributed by atoms with E-state index in [1.807, 2.05) is 18.2 Å². The topological polar surface area (TPSA) is 268 Å². The van der Waals surface area contributed by atoms with E-state index < -0.39 is 48.0 Å². The zero-order valence-electron chi connectivity index (χ0n) is 40.0. The Kier molecular flexibility index (Phi) is 17.9. The molecule has 5 aromatic rings. The molecule has 0 saturated carbocycles. The number of nitrogen functional groups attached to an aromatic ring is 1. The Morgan fingerprint density at radius 1 is 0.743 bits per heavy atom. The van der Waals surface area contributed by atoms with Gasteiger partial charge >= 0.3 is 0 Å². The second-order valence-corrected chi connectivity index (χ2v) is 17.9. The second kappa shape index (κ2) is 25.3. The number of aromatic nitrogens is 1. The van der Waals surface area contributed by atoms with Gasteiger partial charge in [-0.2, -0.15) is 0 Å². The van der Waals surface area contributed by atoms with Crippen LogP contribution in [0.2, 0.25) is 0 Å². The molecule has 1 unspecified atom stereocenters. The van der Waals surface area contributed by atoms with Gasteiger partial charge in [0.05, 0.1) is 70.4 Å². The fraction of sp³-hybridized carbons (Fsp3) is 0.308. The third-order valence-electron chi connectivity index (χ3n) is 11.9. The Hall–Kier alpha value is -7.76. The predicted molar refractivity (Wildman–Crippen MR) is 270 cm³/mol. The molecule has 1 atom stereocenters. The third kappa shape index (κ3) is 13.4. The Morgan fingerprint density at radius 2 is 1.47 bits per heavy atom. The van der Waals surface area contributed by atoms with Crippen LogP contribution in [0.5, 0.6) is 5.75 Å². The molecular weight excluding hydrogens is 980 g/mol. The number of rotatable bonds is 25. The Morgan fingerprint density at radius 3 is 2.24 bits per heavy atom. The summed E-state index contributed by atoms with van der Waals surface area (Å²) in [5.74, 6) is -3.54. The Bertz CT molecular complexity index is 2940. The lowest BCUT2D eigenvalue weighted by atomic mass is 9.94. The zero-order valence-corrected chi connectivity index (χ0v) is 40.8. The number of nitrogens with two attached hydrogens (primary N) is 1. The van der Waals surface area contributed by atoms with Crippen molar-refractivity contribution in [3.8, 4) is 28.0 Å². The lowest BCUT2D eigenvalue weighted by Gasteiger charge is -2.27. The van der Waals surface area contributed by atoms with Crippen LogP contribution in [-0.2, 0) is 44.5 Å². The van der Waals surface area contributed by atoms with Crippen LogP contribution in [-0.4, -0.2) is 130 Å².